The van der Waals surface area contributed by atoms with Gasteiger partial charge in [0.15, 0.2) is 0 Å². The zero-order valence-corrected chi connectivity index (χ0v) is 32.2. The van der Waals surface area contributed by atoms with Gasteiger partial charge in [0.1, 0.15) is 0 Å². The fourth-order valence-corrected chi connectivity index (χ4v) is 16.3. The van der Waals surface area contributed by atoms with Gasteiger partial charge < -0.3 is 20.4 Å². The molecule has 38 heavy (non-hydrogen) atoms. The molecule has 0 fully saturated rings. The second kappa shape index (κ2) is 34.5. The maximum atomic E-state index is 8.14. The smallest absolute Gasteiger partial charge is 0 e. The van der Waals surface area contributed by atoms with Gasteiger partial charge >= 0.3 is 115 Å². The quantitative estimate of drug-likeness (QED) is 0.164. The molecule has 4 nitrogen and oxygen atoms in total. The summed E-state index contributed by atoms with van der Waals surface area (Å²) < 4.78 is 6.37. The predicted molar refractivity (Wildman–Crippen MR) is 166 cm³/mol. The van der Waals surface area contributed by atoms with E-state index in [1.54, 1.807) is 18.9 Å². The van der Waals surface area contributed by atoms with Crippen molar-refractivity contribution in [1.82, 2.24) is 0 Å². The fraction of sp³-hybridized carbons (Fsp3) is 1.00. The maximum Gasteiger partial charge on any atom is 0 e. The first-order valence-corrected chi connectivity index (χ1v) is 19.6. The van der Waals surface area contributed by atoms with Crippen molar-refractivity contribution in [3.05, 3.63) is 0 Å². The van der Waals surface area contributed by atoms with Crippen LogP contribution >= 0.6 is 0 Å². The molecular formula is C32H76O4Ti2. The Hall–Kier alpha value is 1.27. The van der Waals surface area contributed by atoms with Crippen molar-refractivity contribution >= 4 is 0 Å². The van der Waals surface area contributed by atoms with Crippen molar-refractivity contribution in [1.29, 1.82) is 0 Å². The summed E-state index contributed by atoms with van der Waals surface area (Å²) in [7, 11) is 0. The molecule has 236 valence electrons. The molecule has 0 unspecified atom stereocenters. The SMILES string of the molecule is CC(C)CO.CC(C)CO.CC(C)CO.CC(C)CO.CC(C)[CH2][Ti]([CH2]C(C)C)([CH2]C(C)C)[CH2]C(C)C.[Ti]. The number of hydrogen-bond donors (Lipinski definition) is 4. The average Bonchev–Trinajstić information content (AvgIpc) is 2.72. The van der Waals surface area contributed by atoms with E-state index in [-0.39, 0.29) is 21.7 Å². The minimum absolute atomic E-state index is 0. The monoisotopic (exact) mass is 620 g/mol. The molecule has 0 aromatic carbocycles. The predicted octanol–water partition coefficient (Wildman–Crippen LogP) is 8.97. The second-order valence-electron chi connectivity index (χ2n) is 14.2. The zero-order valence-electron chi connectivity index (χ0n) is 29.1. The largest absolute Gasteiger partial charge is 0 e. The Bertz CT molecular complexity index is 333. The van der Waals surface area contributed by atoms with Gasteiger partial charge in [-0.3, -0.25) is 0 Å². The molecular weight excluding hydrogens is 544 g/mol. The van der Waals surface area contributed by atoms with Crippen LogP contribution in [0.2, 0.25) is 18.9 Å². The normalized spacial score (nSPS) is 11.1. The van der Waals surface area contributed by atoms with Crippen LogP contribution in [-0.2, 0) is 38.3 Å². The van der Waals surface area contributed by atoms with E-state index in [0.717, 1.165) is 23.7 Å². The Morgan fingerprint density at radius 3 is 0.474 bits per heavy atom. The van der Waals surface area contributed by atoms with Gasteiger partial charge in [-0.05, 0) is 23.7 Å². The van der Waals surface area contributed by atoms with Gasteiger partial charge in [-0.15, -0.1) is 0 Å². The van der Waals surface area contributed by atoms with Crippen molar-refractivity contribution in [2.24, 2.45) is 47.3 Å². The van der Waals surface area contributed by atoms with E-state index >= 15 is 0 Å². The first kappa shape index (κ1) is 52.0. The Balaban J connectivity index is -0.0000000997. The van der Waals surface area contributed by atoms with Crippen LogP contribution in [0.5, 0.6) is 0 Å². The van der Waals surface area contributed by atoms with Gasteiger partial charge in [-0.1, -0.05) is 55.4 Å². The Morgan fingerprint density at radius 2 is 0.421 bits per heavy atom. The molecule has 0 atom stereocenters. The van der Waals surface area contributed by atoms with Gasteiger partial charge in [0.2, 0.25) is 0 Å². The molecule has 0 saturated heterocycles. The molecule has 0 aliphatic carbocycles. The van der Waals surface area contributed by atoms with Crippen LogP contribution in [0.15, 0.2) is 0 Å². The summed E-state index contributed by atoms with van der Waals surface area (Å²) in [6.45, 7) is 36.5. The van der Waals surface area contributed by atoms with E-state index in [0.29, 0.717) is 50.1 Å². The third kappa shape index (κ3) is 57.2. The number of aliphatic hydroxyl groups is 4. The first-order valence-electron chi connectivity index (χ1n) is 15.2. The van der Waals surface area contributed by atoms with E-state index in [2.05, 4.69) is 55.4 Å². The Morgan fingerprint density at radius 1 is 0.316 bits per heavy atom. The summed E-state index contributed by atoms with van der Waals surface area (Å²) >= 11 is -1.62. The van der Waals surface area contributed by atoms with Gasteiger partial charge in [0.25, 0.3) is 0 Å². The number of aliphatic hydroxyl groups excluding tert-OH is 4. The Labute approximate surface area is 260 Å². The van der Waals surface area contributed by atoms with Crippen molar-refractivity contribution < 1.29 is 58.7 Å². The molecule has 6 heteroatoms. The first-order chi connectivity index (χ1) is 16.7. The molecule has 0 aromatic rings. The summed E-state index contributed by atoms with van der Waals surface area (Å²) in [6.07, 6.45) is 0. The summed E-state index contributed by atoms with van der Waals surface area (Å²) in [5.41, 5.74) is 0. The van der Waals surface area contributed by atoms with Gasteiger partial charge in [-0.25, -0.2) is 0 Å². The third-order valence-corrected chi connectivity index (χ3v) is 15.3. The summed E-state index contributed by atoms with van der Waals surface area (Å²) in [5.74, 6) is 5.39. The third-order valence-electron chi connectivity index (χ3n) is 4.83. The molecule has 4 N–H and O–H groups in total. The summed E-state index contributed by atoms with van der Waals surface area (Å²) in [4.78, 5) is 0. The molecule has 0 bridgehead atoms. The molecule has 0 spiro atoms. The van der Waals surface area contributed by atoms with Crippen LogP contribution in [0.1, 0.15) is 111 Å². The van der Waals surface area contributed by atoms with Gasteiger partial charge in [0.05, 0.1) is 0 Å². The van der Waals surface area contributed by atoms with Crippen LogP contribution in [0.4, 0.5) is 0 Å². The maximum absolute atomic E-state index is 8.14. The minimum atomic E-state index is -1.62. The molecule has 0 aliphatic rings. The van der Waals surface area contributed by atoms with E-state index in [1.807, 2.05) is 55.4 Å². The molecule has 0 saturated carbocycles. The van der Waals surface area contributed by atoms with E-state index in [9.17, 15) is 0 Å². The van der Waals surface area contributed by atoms with Gasteiger partial charge in [0, 0.05) is 48.1 Å². The minimum Gasteiger partial charge on any atom is 0 e. The van der Waals surface area contributed by atoms with Crippen molar-refractivity contribution in [2.75, 3.05) is 26.4 Å². The van der Waals surface area contributed by atoms with Crippen LogP contribution in [-0.4, -0.2) is 46.9 Å². The molecule has 0 amide bonds. The summed E-state index contributed by atoms with van der Waals surface area (Å²) in [5, 5.41) is 32.6. The molecule has 0 heterocycles. The summed E-state index contributed by atoms with van der Waals surface area (Å²) in [6, 6.07) is 0. The van der Waals surface area contributed by atoms with Crippen LogP contribution in [0.25, 0.3) is 0 Å². The number of rotatable bonds is 12. The van der Waals surface area contributed by atoms with Crippen LogP contribution in [0.3, 0.4) is 0 Å². The van der Waals surface area contributed by atoms with Crippen molar-refractivity contribution in [3.63, 3.8) is 0 Å². The van der Waals surface area contributed by atoms with Crippen LogP contribution < -0.4 is 0 Å². The van der Waals surface area contributed by atoms with Crippen molar-refractivity contribution in [2.45, 2.75) is 130 Å². The van der Waals surface area contributed by atoms with E-state index in [4.69, 9.17) is 20.4 Å². The molecule has 0 aliphatic heterocycles. The fourth-order valence-electron chi connectivity index (χ4n) is 3.96. The average molecular weight is 621 g/mol. The van der Waals surface area contributed by atoms with Gasteiger partial charge in [-0.2, -0.15) is 0 Å². The molecule has 0 rings (SSSR count). The number of hydrogen-bond acceptors (Lipinski definition) is 4. The molecule has 0 aromatic heterocycles. The second-order valence-corrected chi connectivity index (χ2v) is 21.4. The zero-order chi connectivity index (χ0) is 30.8. The van der Waals surface area contributed by atoms with E-state index < -0.39 is 16.6 Å². The Kier molecular flexibility index (Phi) is 47.1. The standard InChI is InChI=1S/4C4H10O.4C4H9.2Ti/c4*1-4(2)3-5;4*1-4(2)3;;/h4*4-5H,3H2,1-2H3;4*4H,1H2,2-3H3;;. The molecule has 0 radical (unpaired) electrons. The topological polar surface area (TPSA) is 80.9 Å². The van der Waals surface area contributed by atoms with Crippen LogP contribution in [0, 0.1) is 47.3 Å². The van der Waals surface area contributed by atoms with E-state index in [1.165, 1.54) is 0 Å². The van der Waals surface area contributed by atoms with Crippen molar-refractivity contribution in [3.8, 4) is 0 Å².